The maximum absolute atomic E-state index is 4.98. The summed E-state index contributed by atoms with van der Waals surface area (Å²) in [6, 6.07) is 5.62. The lowest BCUT2D eigenvalue weighted by Gasteiger charge is -2.01. The van der Waals surface area contributed by atoms with Crippen molar-refractivity contribution in [3.8, 4) is 5.88 Å². The smallest absolute Gasteiger partial charge is 0.213 e. The molecule has 1 rings (SSSR count). The summed E-state index contributed by atoms with van der Waals surface area (Å²) >= 11 is 0. The first-order chi connectivity index (χ1) is 5.77. The Balaban J connectivity index is 3.02. The maximum atomic E-state index is 4.98. The van der Waals surface area contributed by atoms with Crippen molar-refractivity contribution >= 4 is 5.71 Å². The van der Waals surface area contributed by atoms with Crippen molar-refractivity contribution in [2.45, 2.75) is 6.92 Å². The van der Waals surface area contributed by atoms with Gasteiger partial charge in [0.2, 0.25) is 5.88 Å². The summed E-state index contributed by atoms with van der Waals surface area (Å²) in [6.45, 7) is 1.92. The summed E-state index contributed by atoms with van der Waals surface area (Å²) in [5.41, 5.74) is 1.77. The summed E-state index contributed by atoms with van der Waals surface area (Å²) in [6.07, 6.45) is 0. The van der Waals surface area contributed by atoms with Gasteiger partial charge in [-0.05, 0) is 13.0 Å². The lowest BCUT2D eigenvalue weighted by molar-refractivity contribution is 0.397. The second-order valence-corrected chi connectivity index (χ2v) is 2.37. The molecular formula is C9H12N2O. The minimum Gasteiger partial charge on any atom is -0.481 e. The highest BCUT2D eigenvalue weighted by atomic mass is 16.5. The van der Waals surface area contributed by atoms with Gasteiger partial charge >= 0.3 is 0 Å². The Morgan fingerprint density at radius 3 is 2.83 bits per heavy atom. The van der Waals surface area contributed by atoms with Crippen LogP contribution in [0.25, 0.3) is 0 Å². The Kier molecular flexibility index (Phi) is 2.80. The molecule has 0 atom stereocenters. The molecule has 0 fully saturated rings. The highest BCUT2D eigenvalue weighted by Gasteiger charge is 1.98. The van der Waals surface area contributed by atoms with E-state index in [1.54, 1.807) is 14.2 Å². The molecule has 1 heterocycles. The molecule has 0 aliphatic rings. The molecular weight excluding hydrogens is 152 g/mol. The van der Waals surface area contributed by atoms with Crippen molar-refractivity contribution in [3.05, 3.63) is 23.9 Å². The van der Waals surface area contributed by atoms with E-state index in [0.717, 1.165) is 11.4 Å². The predicted molar refractivity (Wildman–Crippen MR) is 48.9 cm³/mol. The van der Waals surface area contributed by atoms with Crippen LogP contribution in [-0.4, -0.2) is 24.9 Å². The lowest BCUT2D eigenvalue weighted by Crippen LogP contribution is -1.99. The van der Waals surface area contributed by atoms with E-state index in [1.807, 2.05) is 25.1 Å². The molecule has 0 saturated carbocycles. The second kappa shape index (κ2) is 3.85. The summed E-state index contributed by atoms with van der Waals surface area (Å²) in [5, 5.41) is 0. The Labute approximate surface area is 72.1 Å². The molecule has 0 aromatic carbocycles. The fourth-order valence-electron chi connectivity index (χ4n) is 0.845. The Hall–Kier alpha value is -1.38. The Morgan fingerprint density at radius 2 is 2.25 bits per heavy atom. The van der Waals surface area contributed by atoms with Gasteiger partial charge < -0.3 is 4.74 Å². The quantitative estimate of drug-likeness (QED) is 0.621. The average molecular weight is 164 g/mol. The lowest BCUT2D eigenvalue weighted by atomic mass is 10.2. The van der Waals surface area contributed by atoms with Gasteiger partial charge in [-0.1, -0.05) is 6.07 Å². The first-order valence-electron chi connectivity index (χ1n) is 3.72. The highest BCUT2D eigenvalue weighted by Crippen LogP contribution is 2.06. The van der Waals surface area contributed by atoms with E-state index in [1.165, 1.54) is 0 Å². The second-order valence-electron chi connectivity index (χ2n) is 2.37. The molecule has 0 unspecified atom stereocenters. The van der Waals surface area contributed by atoms with Crippen molar-refractivity contribution < 1.29 is 4.74 Å². The van der Waals surface area contributed by atoms with Gasteiger partial charge in [0.1, 0.15) is 0 Å². The maximum Gasteiger partial charge on any atom is 0.213 e. The van der Waals surface area contributed by atoms with Crippen LogP contribution in [0, 0.1) is 0 Å². The van der Waals surface area contributed by atoms with E-state index in [0.29, 0.717) is 5.88 Å². The molecule has 0 N–H and O–H groups in total. The van der Waals surface area contributed by atoms with Gasteiger partial charge in [0, 0.05) is 13.1 Å². The van der Waals surface area contributed by atoms with E-state index in [4.69, 9.17) is 4.74 Å². The van der Waals surface area contributed by atoms with Crippen molar-refractivity contribution in [2.75, 3.05) is 14.2 Å². The third-order valence-corrected chi connectivity index (χ3v) is 1.64. The molecule has 0 aliphatic carbocycles. The standard InChI is InChI=1S/C9H12N2O/c1-7(10-2)8-5-4-6-9(11-8)12-3/h4-6H,1-3H3. The van der Waals surface area contributed by atoms with Crippen LogP contribution in [0.5, 0.6) is 5.88 Å². The van der Waals surface area contributed by atoms with Crippen LogP contribution >= 0.6 is 0 Å². The number of nitrogens with zero attached hydrogens (tertiary/aromatic N) is 2. The minimum absolute atomic E-state index is 0.621. The van der Waals surface area contributed by atoms with E-state index in [9.17, 15) is 0 Å². The summed E-state index contributed by atoms with van der Waals surface area (Å²) < 4.78 is 4.98. The molecule has 0 saturated heterocycles. The third kappa shape index (κ3) is 1.81. The van der Waals surface area contributed by atoms with Gasteiger partial charge in [-0.15, -0.1) is 0 Å². The van der Waals surface area contributed by atoms with E-state index >= 15 is 0 Å². The fourth-order valence-corrected chi connectivity index (χ4v) is 0.845. The number of aromatic nitrogens is 1. The van der Waals surface area contributed by atoms with E-state index in [-0.39, 0.29) is 0 Å². The molecule has 0 radical (unpaired) electrons. The number of pyridine rings is 1. The molecule has 3 nitrogen and oxygen atoms in total. The van der Waals surface area contributed by atoms with Gasteiger partial charge in [-0.25, -0.2) is 4.98 Å². The first-order valence-corrected chi connectivity index (χ1v) is 3.72. The summed E-state index contributed by atoms with van der Waals surface area (Å²) in [5.74, 6) is 0.621. The van der Waals surface area contributed by atoms with Gasteiger partial charge in [0.25, 0.3) is 0 Å². The molecule has 1 aromatic heterocycles. The van der Waals surface area contributed by atoms with Crippen LogP contribution < -0.4 is 4.74 Å². The number of methoxy groups -OCH3 is 1. The number of hydrogen-bond acceptors (Lipinski definition) is 3. The Bertz CT molecular complexity index is 294. The van der Waals surface area contributed by atoms with E-state index < -0.39 is 0 Å². The normalized spacial score (nSPS) is 11.4. The molecule has 0 spiro atoms. The van der Waals surface area contributed by atoms with Crippen molar-refractivity contribution in [1.29, 1.82) is 0 Å². The largest absolute Gasteiger partial charge is 0.481 e. The molecule has 12 heavy (non-hydrogen) atoms. The van der Waals surface area contributed by atoms with Gasteiger partial charge in [0.15, 0.2) is 0 Å². The van der Waals surface area contributed by atoms with Crippen LogP contribution in [0.3, 0.4) is 0 Å². The Morgan fingerprint density at radius 1 is 1.50 bits per heavy atom. The predicted octanol–water partition coefficient (Wildman–Crippen LogP) is 1.53. The van der Waals surface area contributed by atoms with Gasteiger partial charge in [-0.3, -0.25) is 4.99 Å². The van der Waals surface area contributed by atoms with Gasteiger partial charge in [0.05, 0.1) is 18.5 Å². The van der Waals surface area contributed by atoms with Gasteiger partial charge in [-0.2, -0.15) is 0 Å². The molecule has 1 aromatic rings. The average Bonchev–Trinajstić information content (AvgIpc) is 2.17. The third-order valence-electron chi connectivity index (χ3n) is 1.64. The van der Waals surface area contributed by atoms with Crippen molar-refractivity contribution in [1.82, 2.24) is 4.98 Å². The van der Waals surface area contributed by atoms with Crippen molar-refractivity contribution in [3.63, 3.8) is 0 Å². The molecule has 3 heteroatoms. The first kappa shape index (κ1) is 8.71. The SMILES string of the molecule is CN=C(C)c1cccc(OC)n1. The topological polar surface area (TPSA) is 34.5 Å². The number of hydrogen-bond donors (Lipinski definition) is 0. The highest BCUT2D eigenvalue weighted by molar-refractivity contribution is 5.96. The molecule has 0 bridgehead atoms. The molecule has 0 aliphatic heterocycles. The number of ether oxygens (including phenoxy) is 1. The summed E-state index contributed by atoms with van der Waals surface area (Å²) in [7, 11) is 3.35. The zero-order valence-corrected chi connectivity index (χ0v) is 7.53. The van der Waals surface area contributed by atoms with Crippen LogP contribution in [0.15, 0.2) is 23.2 Å². The van der Waals surface area contributed by atoms with E-state index in [2.05, 4.69) is 9.98 Å². The van der Waals surface area contributed by atoms with Crippen LogP contribution in [0.1, 0.15) is 12.6 Å². The van der Waals surface area contributed by atoms with Crippen LogP contribution in [0.2, 0.25) is 0 Å². The zero-order chi connectivity index (χ0) is 8.97. The number of rotatable bonds is 2. The number of aliphatic imine (C=N–C) groups is 1. The fraction of sp³-hybridized carbons (Fsp3) is 0.333. The monoisotopic (exact) mass is 164 g/mol. The summed E-state index contributed by atoms with van der Waals surface area (Å²) in [4.78, 5) is 8.24. The molecule has 64 valence electrons. The van der Waals surface area contributed by atoms with Crippen LogP contribution in [-0.2, 0) is 0 Å². The molecule has 0 amide bonds. The zero-order valence-electron chi connectivity index (χ0n) is 7.53. The van der Waals surface area contributed by atoms with Crippen molar-refractivity contribution in [2.24, 2.45) is 4.99 Å². The minimum atomic E-state index is 0.621. The van der Waals surface area contributed by atoms with Crippen LogP contribution in [0.4, 0.5) is 0 Å².